The van der Waals surface area contributed by atoms with E-state index in [2.05, 4.69) is 69.4 Å². The lowest BCUT2D eigenvalue weighted by Gasteiger charge is -2.41. The Morgan fingerprint density at radius 1 is 0.944 bits per heavy atom. The lowest BCUT2D eigenvalue weighted by molar-refractivity contribution is 0.0454. The van der Waals surface area contributed by atoms with Crippen LogP contribution in [0.3, 0.4) is 0 Å². The average Bonchev–Trinajstić information content (AvgIpc) is 3.60. The molecule has 1 saturated carbocycles. The minimum atomic E-state index is 0.0515. The van der Waals surface area contributed by atoms with Crippen molar-refractivity contribution in [2.75, 3.05) is 13.1 Å². The summed E-state index contributed by atoms with van der Waals surface area (Å²) < 4.78 is 5.55. The number of benzene rings is 2. The number of hydrogen-bond donors (Lipinski definition) is 0. The van der Waals surface area contributed by atoms with Gasteiger partial charge in [0.15, 0.2) is 5.76 Å². The molecule has 4 aromatic rings. The number of amides is 1. The van der Waals surface area contributed by atoms with E-state index < -0.39 is 0 Å². The van der Waals surface area contributed by atoms with Crippen molar-refractivity contribution in [3.8, 4) is 0 Å². The Kier molecular flexibility index (Phi) is 6.56. The smallest absolute Gasteiger partial charge is 0.290 e. The van der Waals surface area contributed by atoms with Gasteiger partial charge in [-0.2, -0.15) is 0 Å². The van der Waals surface area contributed by atoms with Crippen molar-refractivity contribution in [2.45, 2.75) is 50.7 Å². The number of piperidine rings is 1. The Hall–Kier alpha value is -3.44. The number of aromatic nitrogens is 1. The van der Waals surface area contributed by atoms with Crippen LogP contribution in [0.25, 0.3) is 10.9 Å². The molecule has 0 radical (unpaired) electrons. The number of furan rings is 1. The van der Waals surface area contributed by atoms with E-state index in [0.29, 0.717) is 17.7 Å². The third kappa shape index (κ3) is 5.07. The number of carbonyl (C=O) groups excluding carboxylic acids is 1. The normalized spacial score (nSPS) is 17.8. The van der Waals surface area contributed by atoms with E-state index in [-0.39, 0.29) is 11.9 Å². The molecular weight excluding hydrogens is 446 g/mol. The fourth-order valence-electron chi connectivity index (χ4n) is 5.79. The van der Waals surface area contributed by atoms with Gasteiger partial charge in [-0.15, -0.1) is 0 Å². The standard InChI is InChI=1S/C31H33N3O2/c35-31(30-9-5-19-36-30)34(27-11-12-27)29(21-23-6-2-1-3-7-23)25-14-17-33(18-15-25)22-24-10-13-28-26(20-24)8-4-16-32-28/h1-10,13,16,19-20,25,27,29H,11-12,14-15,17-18,21-22H2/t29-/m0/s1. The summed E-state index contributed by atoms with van der Waals surface area (Å²) >= 11 is 0. The highest BCUT2D eigenvalue weighted by Gasteiger charge is 2.42. The third-order valence-electron chi connectivity index (χ3n) is 7.80. The maximum atomic E-state index is 13.6. The first-order valence-electron chi connectivity index (χ1n) is 13.2. The van der Waals surface area contributed by atoms with Gasteiger partial charge < -0.3 is 9.32 Å². The van der Waals surface area contributed by atoms with Gasteiger partial charge in [0.05, 0.1) is 11.8 Å². The van der Waals surface area contributed by atoms with Gasteiger partial charge >= 0.3 is 0 Å². The Morgan fingerprint density at radius 3 is 2.53 bits per heavy atom. The molecule has 2 aromatic carbocycles. The zero-order valence-corrected chi connectivity index (χ0v) is 20.6. The SMILES string of the molecule is O=C(c1ccco1)N(C1CC1)[C@@H](Cc1ccccc1)C1CCN(Cc2ccc3ncccc3c2)CC1. The minimum absolute atomic E-state index is 0.0515. The van der Waals surface area contributed by atoms with Crippen LogP contribution in [0.5, 0.6) is 0 Å². The van der Waals surface area contributed by atoms with Crippen molar-refractivity contribution in [1.29, 1.82) is 0 Å². The van der Waals surface area contributed by atoms with E-state index in [1.807, 2.05) is 18.3 Å². The van der Waals surface area contributed by atoms with Gasteiger partial charge in [-0.3, -0.25) is 14.7 Å². The van der Waals surface area contributed by atoms with Gasteiger partial charge in [-0.05, 0) is 92.6 Å². The number of likely N-dealkylation sites (tertiary alicyclic amines) is 1. The summed E-state index contributed by atoms with van der Waals surface area (Å²) in [5, 5.41) is 1.20. The molecule has 0 N–H and O–H groups in total. The Morgan fingerprint density at radius 2 is 1.78 bits per heavy atom. The summed E-state index contributed by atoms with van der Waals surface area (Å²) in [6, 6.07) is 25.5. The second kappa shape index (κ2) is 10.3. The second-order valence-corrected chi connectivity index (χ2v) is 10.3. The molecular formula is C31H33N3O2. The molecule has 0 unspecified atom stereocenters. The van der Waals surface area contributed by atoms with Crippen LogP contribution in [0.1, 0.15) is 47.4 Å². The van der Waals surface area contributed by atoms with E-state index >= 15 is 0 Å². The number of carbonyl (C=O) groups is 1. The summed E-state index contributed by atoms with van der Waals surface area (Å²) in [5.74, 6) is 0.987. The first-order valence-corrected chi connectivity index (χ1v) is 13.2. The average molecular weight is 480 g/mol. The molecule has 1 amide bonds. The number of hydrogen-bond acceptors (Lipinski definition) is 4. The molecule has 1 atom stereocenters. The topological polar surface area (TPSA) is 49.6 Å². The quantitative estimate of drug-likeness (QED) is 0.313. The molecule has 3 heterocycles. The van der Waals surface area contributed by atoms with Crippen LogP contribution in [-0.2, 0) is 13.0 Å². The predicted molar refractivity (Wildman–Crippen MR) is 142 cm³/mol. The molecule has 5 heteroatoms. The van der Waals surface area contributed by atoms with Crippen LogP contribution in [0.15, 0.2) is 89.7 Å². The highest BCUT2D eigenvalue weighted by atomic mass is 16.3. The van der Waals surface area contributed by atoms with Crippen molar-refractivity contribution in [2.24, 2.45) is 5.92 Å². The van der Waals surface area contributed by atoms with Gasteiger partial charge in [-0.25, -0.2) is 0 Å². The Balaban J connectivity index is 1.18. The summed E-state index contributed by atoms with van der Waals surface area (Å²) in [6.45, 7) is 3.06. The first kappa shape index (κ1) is 23.0. The summed E-state index contributed by atoms with van der Waals surface area (Å²) in [5.41, 5.74) is 3.68. The molecule has 1 saturated heterocycles. The van der Waals surface area contributed by atoms with Gasteiger partial charge in [0, 0.05) is 30.2 Å². The number of nitrogens with zero attached hydrogens (tertiary/aromatic N) is 3. The molecule has 2 aromatic heterocycles. The van der Waals surface area contributed by atoms with E-state index in [0.717, 1.165) is 57.3 Å². The molecule has 0 bridgehead atoms. The van der Waals surface area contributed by atoms with Crippen molar-refractivity contribution in [3.05, 3.63) is 102 Å². The van der Waals surface area contributed by atoms with E-state index in [1.165, 1.54) is 16.5 Å². The molecule has 2 aliphatic rings. The lowest BCUT2D eigenvalue weighted by Crippen LogP contribution is -2.50. The number of pyridine rings is 1. The van der Waals surface area contributed by atoms with Crippen LogP contribution in [0.4, 0.5) is 0 Å². The van der Waals surface area contributed by atoms with Crippen molar-refractivity contribution in [1.82, 2.24) is 14.8 Å². The third-order valence-corrected chi connectivity index (χ3v) is 7.80. The minimum Gasteiger partial charge on any atom is -0.459 e. The van der Waals surface area contributed by atoms with Crippen LogP contribution < -0.4 is 0 Å². The predicted octanol–water partition coefficient (Wildman–Crippen LogP) is 5.96. The molecule has 2 fully saturated rings. The molecule has 184 valence electrons. The van der Waals surface area contributed by atoms with Crippen molar-refractivity contribution >= 4 is 16.8 Å². The Bertz CT molecular complexity index is 1290. The highest BCUT2D eigenvalue weighted by Crippen LogP contribution is 2.36. The number of fused-ring (bicyclic) bond motifs is 1. The molecule has 36 heavy (non-hydrogen) atoms. The van der Waals surface area contributed by atoms with Crippen LogP contribution in [-0.4, -0.2) is 45.9 Å². The monoisotopic (exact) mass is 479 g/mol. The van der Waals surface area contributed by atoms with Gasteiger partial charge in [0.25, 0.3) is 5.91 Å². The maximum Gasteiger partial charge on any atom is 0.290 e. The van der Waals surface area contributed by atoms with Gasteiger partial charge in [-0.1, -0.05) is 42.5 Å². The second-order valence-electron chi connectivity index (χ2n) is 10.3. The maximum absolute atomic E-state index is 13.6. The van der Waals surface area contributed by atoms with Crippen LogP contribution in [0.2, 0.25) is 0 Å². The molecule has 1 aliphatic carbocycles. The lowest BCUT2D eigenvalue weighted by atomic mass is 9.84. The van der Waals surface area contributed by atoms with E-state index in [9.17, 15) is 4.79 Å². The van der Waals surface area contributed by atoms with Gasteiger partial charge in [0.2, 0.25) is 0 Å². The largest absolute Gasteiger partial charge is 0.459 e. The highest BCUT2D eigenvalue weighted by molar-refractivity contribution is 5.92. The molecule has 0 spiro atoms. The zero-order valence-electron chi connectivity index (χ0n) is 20.6. The zero-order chi connectivity index (χ0) is 24.3. The summed E-state index contributed by atoms with van der Waals surface area (Å²) in [6.07, 6.45) is 8.72. The van der Waals surface area contributed by atoms with Crippen LogP contribution in [0, 0.1) is 5.92 Å². The Labute approximate surface area is 212 Å². The summed E-state index contributed by atoms with van der Waals surface area (Å²) in [4.78, 5) is 22.8. The fourth-order valence-corrected chi connectivity index (χ4v) is 5.79. The van der Waals surface area contributed by atoms with Crippen molar-refractivity contribution < 1.29 is 9.21 Å². The fraction of sp³-hybridized carbons (Fsp3) is 0.355. The van der Waals surface area contributed by atoms with E-state index in [4.69, 9.17) is 4.42 Å². The van der Waals surface area contributed by atoms with Crippen LogP contribution >= 0.6 is 0 Å². The van der Waals surface area contributed by atoms with Crippen molar-refractivity contribution in [3.63, 3.8) is 0 Å². The van der Waals surface area contributed by atoms with Gasteiger partial charge in [0.1, 0.15) is 0 Å². The molecule has 5 nitrogen and oxygen atoms in total. The number of rotatable bonds is 8. The first-order chi connectivity index (χ1) is 17.7. The van der Waals surface area contributed by atoms with E-state index in [1.54, 1.807) is 12.3 Å². The molecule has 6 rings (SSSR count). The molecule has 1 aliphatic heterocycles. The summed E-state index contributed by atoms with van der Waals surface area (Å²) in [7, 11) is 0.